The lowest BCUT2D eigenvalue weighted by atomic mass is 9.87. The standard InChI is InChI=1S/C17H13Cl2F2N2O5P/c18-10-5-9(6-11(19)7-10)15-12-1-2-14(27-17(20)21)16(28-29(24,25)26)13(12)3-4-23(15)8-22/h1-2,5-7,15,17H,3-4H2,(H2,24,25,26)/t15-/m1/s1. The minimum Gasteiger partial charge on any atom is -0.431 e. The molecule has 7 nitrogen and oxygen atoms in total. The molecule has 29 heavy (non-hydrogen) atoms. The van der Waals surface area contributed by atoms with Gasteiger partial charge < -0.3 is 9.26 Å². The first-order valence-corrected chi connectivity index (χ1v) is 10.4. The molecule has 0 radical (unpaired) electrons. The van der Waals surface area contributed by atoms with Crippen molar-refractivity contribution >= 4 is 31.0 Å². The molecule has 0 saturated heterocycles. The first-order valence-electron chi connectivity index (χ1n) is 8.07. The van der Waals surface area contributed by atoms with Crippen molar-refractivity contribution in [3.8, 4) is 17.7 Å². The number of phosphoric acid groups is 1. The predicted molar refractivity (Wildman–Crippen MR) is 100 cm³/mol. The Labute approximate surface area is 174 Å². The van der Waals surface area contributed by atoms with Crippen LogP contribution in [-0.4, -0.2) is 27.8 Å². The van der Waals surface area contributed by atoms with Gasteiger partial charge in [0.15, 0.2) is 17.7 Å². The van der Waals surface area contributed by atoms with Gasteiger partial charge >= 0.3 is 14.4 Å². The van der Waals surface area contributed by atoms with Crippen molar-refractivity contribution in [1.82, 2.24) is 4.90 Å². The summed E-state index contributed by atoms with van der Waals surface area (Å²) in [6.07, 6.45) is 2.15. The van der Waals surface area contributed by atoms with Gasteiger partial charge in [-0.15, -0.1) is 0 Å². The first kappa shape index (κ1) is 21.6. The topological polar surface area (TPSA) is 103 Å². The summed E-state index contributed by atoms with van der Waals surface area (Å²) in [7, 11) is -5.08. The molecule has 0 spiro atoms. The second kappa shape index (κ2) is 8.34. The fourth-order valence-electron chi connectivity index (χ4n) is 3.27. The summed E-state index contributed by atoms with van der Waals surface area (Å²) in [6, 6.07) is 6.50. The number of halogens is 4. The number of nitriles is 1. The fraction of sp³-hybridized carbons (Fsp3) is 0.235. The van der Waals surface area contributed by atoms with Gasteiger partial charge in [-0.2, -0.15) is 14.0 Å². The van der Waals surface area contributed by atoms with Crippen LogP contribution in [0.15, 0.2) is 30.3 Å². The van der Waals surface area contributed by atoms with Gasteiger partial charge in [0.05, 0.1) is 6.04 Å². The number of ether oxygens (including phenoxy) is 1. The Hall–Kier alpha value is -2.08. The molecule has 1 aliphatic rings. The summed E-state index contributed by atoms with van der Waals surface area (Å²) < 4.78 is 46.0. The maximum Gasteiger partial charge on any atom is 0.524 e. The van der Waals surface area contributed by atoms with Crippen LogP contribution in [0.2, 0.25) is 10.0 Å². The van der Waals surface area contributed by atoms with Crippen molar-refractivity contribution in [1.29, 1.82) is 5.26 Å². The second-order valence-electron chi connectivity index (χ2n) is 6.07. The third kappa shape index (κ3) is 4.92. The normalized spacial score (nSPS) is 16.3. The molecule has 0 bridgehead atoms. The predicted octanol–water partition coefficient (Wildman–Crippen LogP) is 4.49. The molecule has 0 amide bonds. The van der Waals surface area contributed by atoms with E-state index in [2.05, 4.69) is 9.26 Å². The summed E-state index contributed by atoms with van der Waals surface area (Å²) in [6.45, 7) is -3.09. The number of alkyl halides is 2. The third-order valence-electron chi connectivity index (χ3n) is 4.22. The van der Waals surface area contributed by atoms with Gasteiger partial charge in [0.25, 0.3) is 0 Å². The maximum atomic E-state index is 12.8. The number of nitrogens with zero attached hydrogens (tertiary/aromatic N) is 2. The molecule has 1 heterocycles. The Bertz CT molecular complexity index is 1010. The van der Waals surface area contributed by atoms with Crippen LogP contribution >= 0.6 is 31.0 Å². The SMILES string of the molecule is N#CN1CCc2c(ccc(OC(F)F)c2OP(=O)(O)O)[C@H]1c1cc(Cl)cc(Cl)c1. The van der Waals surface area contributed by atoms with Gasteiger partial charge in [-0.05, 0) is 41.8 Å². The smallest absolute Gasteiger partial charge is 0.431 e. The van der Waals surface area contributed by atoms with Crippen molar-refractivity contribution in [3.05, 3.63) is 57.1 Å². The summed E-state index contributed by atoms with van der Waals surface area (Å²) in [4.78, 5) is 19.9. The Kier molecular flexibility index (Phi) is 6.22. The number of hydrogen-bond acceptors (Lipinski definition) is 5. The highest BCUT2D eigenvalue weighted by atomic mass is 35.5. The monoisotopic (exact) mass is 464 g/mol. The molecule has 1 aliphatic heterocycles. The second-order valence-corrected chi connectivity index (χ2v) is 8.11. The van der Waals surface area contributed by atoms with Gasteiger partial charge in [0.1, 0.15) is 0 Å². The molecule has 3 rings (SSSR count). The first-order chi connectivity index (χ1) is 13.6. The van der Waals surface area contributed by atoms with E-state index in [1.807, 2.05) is 6.19 Å². The zero-order valence-electron chi connectivity index (χ0n) is 14.4. The van der Waals surface area contributed by atoms with Crippen LogP contribution in [0.5, 0.6) is 11.5 Å². The molecule has 0 fully saturated rings. The van der Waals surface area contributed by atoms with Gasteiger partial charge in [0.2, 0.25) is 0 Å². The molecule has 0 aliphatic carbocycles. The van der Waals surface area contributed by atoms with Crippen LogP contribution in [0.3, 0.4) is 0 Å². The number of hydrogen-bond donors (Lipinski definition) is 2. The summed E-state index contributed by atoms with van der Waals surface area (Å²) >= 11 is 12.1. The van der Waals surface area contributed by atoms with Gasteiger partial charge in [0, 0.05) is 22.2 Å². The summed E-state index contributed by atoms with van der Waals surface area (Å²) in [5, 5.41) is 10.2. The van der Waals surface area contributed by atoms with Crippen LogP contribution < -0.4 is 9.26 Å². The van der Waals surface area contributed by atoms with E-state index in [1.54, 1.807) is 12.1 Å². The molecule has 0 aromatic heterocycles. The van der Waals surface area contributed by atoms with Crippen molar-refractivity contribution in [2.24, 2.45) is 0 Å². The quantitative estimate of drug-likeness (QED) is 0.496. The highest BCUT2D eigenvalue weighted by Gasteiger charge is 2.34. The van der Waals surface area contributed by atoms with Crippen molar-refractivity contribution in [3.63, 3.8) is 0 Å². The van der Waals surface area contributed by atoms with E-state index in [9.17, 15) is 28.4 Å². The van der Waals surface area contributed by atoms with Gasteiger partial charge in [-0.3, -0.25) is 14.7 Å². The highest BCUT2D eigenvalue weighted by molar-refractivity contribution is 7.46. The Morgan fingerprint density at radius 3 is 2.45 bits per heavy atom. The average molecular weight is 465 g/mol. The summed E-state index contributed by atoms with van der Waals surface area (Å²) in [5.41, 5.74) is 1.19. The zero-order chi connectivity index (χ0) is 21.3. The van der Waals surface area contributed by atoms with E-state index in [0.717, 1.165) is 6.07 Å². The van der Waals surface area contributed by atoms with Crippen LogP contribution in [0, 0.1) is 11.5 Å². The molecule has 1 atom stereocenters. The molecular weight excluding hydrogens is 452 g/mol. The molecule has 0 unspecified atom stereocenters. The summed E-state index contributed by atoms with van der Waals surface area (Å²) in [5.74, 6) is -1.01. The molecular formula is C17H13Cl2F2N2O5P. The van der Waals surface area contributed by atoms with E-state index >= 15 is 0 Å². The number of rotatable bonds is 5. The Morgan fingerprint density at radius 2 is 1.90 bits per heavy atom. The number of fused-ring (bicyclic) bond motifs is 1. The molecule has 12 heteroatoms. The lowest BCUT2D eigenvalue weighted by molar-refractivity contribution is -0.0510. The zero-order valence-corrected chi connectivity index (χ0v) is 16.8. The molecule has 0 saturated carbocycles. The van der Waals surface area contributed by atoms with E-state index in [0.29, 0.717) is 21.2 Å². The van der Waals surface area contributed by atoms with E-state index in [-0.39, 0.29) is 18.5 Å². The number of phosphoric ester groups is 1. The minimum atomic E-state index is -5.08. The van der Waals surface area contributed by atoms with Gasteiger partial charge in [-0.1, -0.05) is 29.3 Å². The number of benzene rings is 2. The Balaban J connectivity index is 2.21. The van der Waals surface area contributed by atoms with E-state index in [1.165, 1.54) is 17.0 Å². The highest BCUT2D eigenvalue weighted by Crippen LogP contribution is 2.49. The van der Waals surface area contributed by atoms with Crippen LogP contribution in [-0.2, 0) is 11.0 Å². The van der Waals surface area contributed by atoms with Crippen molar-refractivity contribution in [2.45, 2.75) is 19.1 Å². The van der Waals surface area contributed by atoms with Crippen LogP contribution in [0.4, 0.5) is 8.78 Å². The van der Waals surface area contributed by atoms with Crippen molar-refractivity contribution < 1.29 is 32.4 Å². The molecule has 154 valence electrons. The average Bonchev–Trinajstić information content (AvgIpc) is 2.60. The lowest BCUT2D eigenvalue weighted by Gasteiger charge is -2.35. The largest absolute Gasteiger partial charge is 0.524 e. The minimum absolute atomic E-state index is 0.101. The third-order valence-corrected chi connectivity index (χ3v) is 5.08. The van der Waals surface area contributed by atoms with Crippen molar-refractivity contribution in [2.75, 3.05) is 6.54 Å². The lowest BCUT2D eigenvalue weighted by Crippen LogP contribution is -2.32. The van der Waals surface area contributed by atoms with E-state index < -0.39 is 32.0 Å². The molecule has 2 N–H and O–H groups in total. The maximum absolute atomic E-state index is 12.8. The fourth-order valence-corrected chi connectivity index (χ4v) is 4.25. The molecule has 2 aromatic rings. The van der Waals surface area contributed by atoms with Gasteiger partial charge in [-0.25, -0.2) is 4.57 Å². The van der Waals surface area contributed by atoms with Crippen LogP contribution in [0.25, 0.3) is 0 Å². The van der Waals surface area contributed by atoms with Crippen LogP contribution in [0.1, 0.15) is 22.7 Å². The Morgan fingerprint density at radius 1 is 1.24 bits per heavy atom. The molecule has 2 aromatic carbocycles. The van der Waals surface area contributed by atoms with E-state index in [4.69, 9.17) is 23.2 Å².